The van der Waals surface area contributed by atoms with E-state index >= 15 is 0 Å². The number of hydrogen-bond acceptors (Lipinski definition) is 2. The minimum Gasteiger partial charge on any atom is -0.511 e. The lowest BCUT2D eigenvalue weighted by atomic mass is 9.61. The summed E-state index contributed by atoms with van der Waals surface area (Å²) in [6.45, 7) is 12.5. The van der Waals surface area contributed by atoms with E-state index < -0.39 is 0 Å². The Labute approximate surface area is 139 Å². The molecule has 0 amide bonds. The predicted octanol–water partition coefficient (Wildman–Crippen LogP) is 5.93. The molecular weight excluding hydrogens is 284 g/mol. The number of aryl methyl sites for hydroxylation is 1. The summed E-state index contributed by atoms with van der Waals surface area (Å²) in [5.74, 6) is 0.825. The molecule has 0 spiro atoms. The van der Waals surface area contributed by atoms with E-state index in [4.69, 9.17) is 0 Å². The number of hydrogen-bond donors (Lipinski definition) is 2. The third kappa shape index (κ3) is 3.36. The zero-order chi connectivity index (χ0) is 17.4. The third-order valence-electron chi connectivity index (χ3n) is 5.22. The molecule has 0 saturated carbocycles. The normalized spacial score (nSPS) is 22.6. The van der Waals surface area contributed by atoms with Gasteiger partial charge in [-0.2, -0.15) is 0 Å². The molecule has 0 saturated heterocycles. The molecule has 1 aliphatic rings. The molecule has 0 aromatic heterocycles. The number of rotatable bonds is 2. The first-order valence-electron chi connectivity index (χ1n) is 8.13. The first-order valence-corrected chi connectivity index (χ1v) is 8.13. The summed E-state index contributed by atoms with van der Waals surface area (Å²) in [4.78, 5) is 0. The van der Waals surface area contributed by atoms with Crippen molar-refractivity contribution >= 4 is 6.08 Å². The van der Waals surface area contributed by atoms with E-state index in [1.807, 2.05) is 26.0 Å². The molecule has 2 nitrogen and oxygen atoms in total. The van der Waals surface area contributed by atoms with Gasteiger partial charge < -0.3 is 10.2 Å². The standard InChI is InChI=1S/C21H28O2/c1-14-11-16(9-10-18(14)22)7-8-17-12-15(2)19(23)21(6,13-17)20(3,4)5/h7-12,22-23H,13H2,1-6H3. The Morgan fingerprint density at radius 2 is 1.74 bits per heavy atom. The molecular formula is C21H28O2. The number of aliphatic hydroxyl groups is 1. The average molecular weight is 312 g/mol. The molecule has 124 valence electrons. The van der Waals surface area contributed by atoms with E-state index in [0.29, 0.717) is 11.5 Å². The number of phenols is 1. The number of aromatic hydroxyl groups is 1. The molecule has 2 rings (SSSR count). The molecule has 1 unspecified atom stereocenters. The minimum atomic E-state index is -0.267. The van der Waals surface area contributed by atoms with E-state index in [0.717, 1.165) is 23.1 Å². The van der Waals surface area contributed by atoms with E-state index in [2.05, 4.69) is 45.9 Å². The Kier molecular flexibility index (Phi) is 4.48. The lowest BCUT2D eigenvalue weighted by molar-refractivity contribution is 0.0898. The van der Waals surface area contributed by atoms with Gasteiger partial charge >= 0.3 is 0 Å². The summed E-state index contributed by atoms with van der Waals surface area (Å²) in [6, 6.07) is 5.60. The molecule has 23 heavy (non-hydrogen) atoms. The van der Waals surface area contributed by atoms with Crippen LogP contribution in [0.1, 0.15) is 52.2 Å². The minimum absolute atomic E-state index is 0.0270. The van der Waals surface area contributed by atoms with Crippen LogP contribution < -0.4 is 0 Å². The number of phenolic OH excluding ortho intramolecular Hbond substituents is 1. The molecule has 0 bridgehead atoms. The van der Waals surface area contributed by atoms with Gasteiger partial charge in [0, 0.05) is 5.41 Å². The van der Waals surface area contributed by atoms with E-state index in [-0.39, 0.29) is 10.8 Å². The molecule has 0 heterocycles. The van der Waals surface area contributed by atoms with Crippen molar-refractivity contribution in [3.63, 3.8) is 0 Å². The van der Waals surface area contributed by atoms with Gasteiger partial charge in [-0.15, -0.1) is 0 Å². The lowest BCUT2D eigenvalue weighted by Gasteiger charge is -2.44. The highest BCUT2D eigenvalue weighted by Gasteiger charge is 2.43. The van der Waals surface area contributed by atoms with Gasteiger partial charge in [-0.25, -0.2) is 0 Å². The van der Waals surface area contributed by atoms with Crippen LogP contribution in [0.5, 0.6) is 5.75 Å². The average Bonchev–Trinajstić information content (AvgIpc) is 2.44. The van der Waals surface area contributed by atoms with E-state index in [9.17, 15) is 10.2 Å². The van der Waals surface area contributed by atoms with Crippen LogP contribution in [0, 0.1) is 17.8 Å². The van der Waals surface area contributed by atoms with Crippen LogP contribution >= 0.6 is 0 Å². The van der Waals surface area contributed by atoms with Crippen molar-refractivity contribution in [3.05, 3.63) is 58.4 Å². The monoisotopic (exact) mass is 312 g/mol. The van der Waals surface area contributed by atoms with Gasteiger partial charge in [-0.3, -0.25) is 0 Å². The molecule has 1 aromatic rings. The van der Waals surface area contributed by atoms with Crippen LogP contribution in [0.4, 0.5) is 0 Å². The Bertz CT molecular complexity index is 699. The maximum Gasteiger partial charge on any atom is 0.118 e. The summed E-state index contributed by atoms with van der Waals surface area (Å²) in [5.41, 5.74) is 3.80. The Morgan fingerprint density at radius 3 is 2.30 bits per heavy atom. The van der Waals surface area contributed by atoms with Gasteiger partial charge in [0.25, 0.3) is 0 Å². The van der Waals surface area contributed by atoms with Gasteiger partial charge in [-0.05, 0) is 60.1 Å². The Hall–Kier alpha value is -1.96. The van der Waals surface area contributed by atoms with E-state index in [1.54, 1.807) is 6.07 Å². The van der Waals surface area contributed by atoms with Crippen LogP contribution in [0.2, 0.25) is 0 Å². The van der Waals surface area contributed by atoms with Gasteiger partial charge in [0.1, 0.15) is 11.5 Å². The summed E-state index contributed by atoms with van der Waals surface area (Å²) < 4.78 is 0. The summed E-state index contributed by atoms with van der Waals surface area (Å²) >= 11 is 0. The van der Waals surface area contributed by atoms with Gasteiger partial charge in [-0.1, -0.05) is 52.0 Å². The van der Waals surface area contributed by atoms with Gasteiger partial charge in [0.2, 0.25) is 0 Å². The lowest BCUT2D eigenvalue weighted by Crippen LogP contribution is -2.37. The number of benzene rings is 1. The highest BCUT2D eigenvalue weighted by molar-refractivity contribution is 5.57. The molecule has 2 N–H and O–H groups in total. The summed E-state index contributed by atoms with van der Waals surface area (Å²) in [6.07, 6.45) is 7.06. The van der Waals surface area contributed by atoms with Crippen molar-refractivity contribution in [1.29, 1.82) is 0 Å². The molecule has 1 aliphatic carbocycles. The molecule has 0 fully saturated rings. The fourth-order valence-electron chi connectivity index (χ4n) is 3.04. The van der Waals surface area contributed by atoms with Crippen molar-refractivity contribution in [3.8, 4) is 5.75 Å². The predicted molar refractivity (Wildman–Crippen MR) is 97.5 cm³/mol. The molecule has 1 aromatic carbocycles. The molecule has 0 aliphatic heterocycles. The smallest absolute Gasteiger partial charge is 0.118 e. The highest BCUT2D eigenvalue weighted by atomic mass is 16.3. The molecule has 2 heteroatoms. The van der Waals surface area contributed by atoms with Crippen LogP contribution in [-0.2, 0) is 0 Å². The van der Waals surface area contributed by atoms with Crippen molar-refractivity contribution in [2.45, 2.75) is 48.0 Å². The fourth-order valence-corrected chi connectivity index (χ4v) is 3.04. The third-order valence-corrected chi connectivity index (χ3v) is 5.22. The number of aliphatic hydroxyl groups excluding tert-OH is 1. The van der Waals surface area contributed by atoms with Gasteiger partial charge in [0.15, 0.2) is 0 Å². The maximum atomic E-state index is 10.6. The quantitative estimate of drug-likeness (QED) is 0.710. The summed E-state index contributed by atoms with van der Waals surface area (Å²) in [5, 5.41) is 20.2. The number of allylic oxidation sites excluding steroid dienone is 5. The second-order valence-corrected chi connectivity index (χ2v) is 7.89. The topological polar surface area (TPSA) is 40.5 Å². The first-order chi connectivity index (χ1) is 10.5. The summed E-state index contributed by atoms with van der Waals surface area (Å²) in [7, 11) is 0. The van der Waals surface area contributed by atoms with Crippen molar-refractivity contribution in [1.82, 2.24) is 0 Å². The highest BCUT2D eigenvalue weighted by Crippen LogP contribution is 2.51. The molecule has 0 radical (unpaired) electrons. The van der Waals surface area contributed by atoms with Crippen molar-refractivity contribution in [2.75, 3.05) is 0 Å². The van der Waals surface area contributed by atoms with Crippen LogP contribution in [0.25, 0.3) is 6.08 Å². The van der Waals surface area contributed by atoms with Gasteiger partial charge in [0.05, 0.1) is 0 Å². The molecule has 1 atom stereocenters. The van der Waals surface area contributed by atoms with Crippen LogP contribution in [-0.4, -0.2) is 10.2 Å². The second kappa shape index (κ2) is 5.92. The van der Waals surface area contributed by atoms with Crippen LogP contribution in [0.3, 0.4) is 0 Å². The first kappa shape index (κ1) is 17.4. The van der Waals surface area contributed by atoms with Crippen molar-refractivity contribution in [2.24, 2.45) is 10.8 Å². The largest absolute Gasteiger partial charge is 0.511 e. The Balaban J connectivity index is 2.32. The zero-order valence-electron chi connectivity index (χ0n) is 15.1. The Morgan fingerprint density at radius 1 is 1.09 bits per heavy atom. The zero-order valence-corrected chi connectivity index (χ0v) is 15.1. The maximum absolute atomic E-state index is 10.6. The fraction of sp³-hybridized carbons (Fsp3) is 0.429. The second-order valence-electron chi connectivity index (χ2n) is 7.89. The van der Waals surface area contributed by atoms with Crippen molar-refractivity contribution < 1.29 is 10.2 Å². The van der Waals surface area contributed by atoms with Crippen LogP contribution in [0.15, 0.2) is 47.3 Å². The van der Waals surface area contributed by atoms with E-state index in [1.165, 1.54) is 5.57 Å². The SMILES string of the molecule is CC1=C(O)C(C)(C(C)(C)C)CC(C=Cc2ccc(O)c(C)c2)=C1.